The van der Waals surface area contributed by atoms with Crippen molar-refractivity contribution in [3.05, 3.63) is 161 Å². The first-order valence-corrected chi connectivity index (χ1v) is 16.2. The predicted molar refractivity (Wildman–Crippen MR) is 186 cm³/mol. The van der Waals surface area contributed by atoms with Crippen molar-refractivity contribution in [2.75, 3.05) is 7.11 Å². The zero-order chi connectivity index (χ0) is 32.3. The van der Waals surface area contributed by atoms with Gasteiger partial charge in [-0.05, 0) is 94.1 Å². The van der Waals surface area contributed by atoms with E-state index in [0.717, 1.165) is 74.0 Å². The van der Waals surface area contributed by atoms with Gasteiger partial charge in [0.2, 0.25) is 0 Å². The van der Waals surface area contributed by atoms with Gasteiger partial charge in [-0.25, -0.2) is 8.78 Å². The Hall–Kier alpha value is -5.22. The first kappa shape index (κ1) is 29.2. The zero-order valence-electron chi connectivity index (χ0n) is 26.6. The summed E-state index contributed by atoms with van der Waals surface area (Å²) in [7, 11) is 1.65. The maximum atomic E-state index is 15.2. The van der Waals surface area contributed by atoms with Crippen molar-refractivity contribution < 1.29 is 18.3 Å². The van der Waals surface area contributed by atoms with E-state index in [1.54, 1.807) is 19.2 Å². The van der Waals surface area contributed by atoms with Gasteiger partial charge >= 0.3 is 0 Å². The number of hydrogen-bond acceptors (Lipinski definition) is 2. The second-order valence-electron chi connectivity index (χ2n) is 12.5. The molecule has 0 saturated carbocycles. The number of fused-ring (bicyclic) bond motifs is 8. The summed E-state index contributed by atoms with van der Waals surface area (Å²) in [5.74, 6) is 0.781. The predicted octanol–water partition coefficient (Wildman–Crippen LogP) is 11.2. The quantitative estimate of drug-likeness (QED) is 0.184. The van der Waals surface area contributed by atoms with E-state index in [2.05, 4.69) is 62.4 Å². The van der Waals surface area contributed by atoms with E-state index in [0.29, 0.717) is 11.1 Å². The van der Waals surface area contributed by atoms with E-state index in [-0.39, 0.29) is 11.6 Å². The molecule has 0 bridgehead atoms. The average molecular weight is 621 g/mol. The Kier molecular flexibility index (Phi) is 6.80. The van der Waals surface area contributed by atoms with Crippen molar-refractivity contribution in [3.8, 4) is 33.8 Å². The zero-order valence-corrected chi connectivity index (χ0v) is 26.6. The molecule has 1 unspecified atom stereocenters. The molecule has 232 valence electrons. The number of hydrogen-bond donors (Lipinski definition) is 0. The fraction of sp³-hybridized carbons (Fsp3) is 0.163. The van der Waals surface area contributed by atoms with Crippen LogP contribution in [-0.2, 0) is 11.0 Å². The van der Waals surface area contributed by atoms with Crippen molar-refractivity contribution in [3.63, 3.8) is 0 Å². The molecule has 4 heteroatoms. The number of benzene rings is 6. The normalized spacial score (nSPS) is 17.1. The van der Waals surface area contributed by atoms with Crippen molar-refractivity contribution in [2.24, 2.45) is 0 Å². The number of rotatable bonds is 6. The Morgan fingerprint density at radius 2 is 1.32 bits per heavy atom. The summed E-state index contributed by atoms with van der Waals surface area (Å²) < 4.78 is 42.9. The molecule has 8 rings (SSSR count). The lowest BCUT2D eigenvalue weighted by Crippen LogP contribution is -2.35. The molecule has 6 aromatic rings. The fourth-order valence-electron chi connectivity index (χ4n) is 8.00. The second-order valence-corrected chi connectivity index (χ2v) is 12.5. The molecule has 0 aromatic heterocycles. The lowest BCUT2D eigenvalue weighted by molar-refractivity contribution is 0.163. The third-order valence-electron chi connectivity index (χ3n) is 10.4. The summed E-state index contributed by atoms with van der Waals surface area (Å²) in [5, 5.41) is 1.59. The average Bonchev–Trinajstić information content (AvgIpc) is 3.41. The van der Waals surface area contributed by atoms with Crippen molar-refractivity contribution in [1.29, 1.82) is 0 Å². The van der Waals surface area contributed by atoms with Gasteiger partial charge in [0, 0.05) is 27.5 Å². The van der Waals surface area contributed by atoms with Crippen molar-refractivity contribution in [2.45, 2.75) is 37.7 Å². The van der Waals surface area contributed by atoms with E-state index in [9.17, 15) is 4.39 Å². The molecule has 0 N–H and O–H groups in total. The Labute approximate surface area is 273 Å². The molecule has 2 aliphatic rings. The highest BCUT2D eigenvalue weighted by atomic mass is 19.1. The summed E-state index contributed by atoms with van der Waals surface area (Å²) in [4.78, 5) is 0. The summed E-state index contributed by atoms with van der Waals surface area (Å²) in [5.41, 5.74) is 7.71. The van der Waals surface area contributed by atoms with Gasteiger partial charge in [-0.1, -0.05) is 98.8 Å². The van der Waals surface area contributed by atoms with Crippen LogP contribution >= 0.6 is 0 Å². The molecule has 0 fully saturated rings. The van der Waals surface area contributed by atoms with E-state index in [1.807, 2.05) is 54.6 Å². The van der Waals surface area contributed by atoms with Crippen LogP contribution in [0, 0.1) is 11.6 Å². The van der Waals surface area contributed by atoms with Gasteiger partial charge in [-0.15, -0.1) is 0 Å². The van der Waals surface area contributed by atoms with Crippen LogP contribution in [0.15, 0.2) is 121 Å². The van der Waals surface area contributed by atoms with E-state index in [1.165, 1.54) is 12.1 Å². The van der Waals surface area contributed by atoms with Gasteiger partial charge in [0.05, 0.1) is 7.11 Å². The van der Waals surface area contributed by atoms with Gasteiger partial charge in [0.1, 0.15) is 23.1 Å². The molecular weight excluding hydrogens is 586 g/mol. The van der Waals surface area contributed by atoms with Crippen LogP contribution in [0.5, 0.6) is 11.5 Å². The van der Waals surface area contributed by atoms with Crippen molar-refractivity contribution >= 4 is 16.8 Å². The van der Waals surface area contributed by atoms with E-state index >= 15 is 4.39 Å². The first-order chi connectivity index (χ1) is 22.9. The highest BCUT2D eigenvalue weighted by Gasteiger charge is 2.47. The van der Waals surface area contributed by atoms with Gasteiger partial charge < -0.3 is 9.47 Å². The maximum absolute atomic E-state index is 15.2. The second kappa shape index (κ2) is 10.9. The summed E-state index contributed by atoms with van der Waals surface area (Å²) in [6, 6.07) is 36.7. The highest BCUT2D eigenvalue weighted by molar-refractivity contribution is 6.08. The topological polar surface area (TPSA) is 18.5 Å². The van der Waals surface area contributed by atoms with E-state index < -0.39 is 11.0 Å². The monoisotopic (exact) mass is 620 g/mol. The van der Waals surface area contributed by atoms with Gasteiger partial charge in [0.15, 0.2) is 5.60 Å². The molecule has 1 heterocycles. The molecule has 47 heavy (non-hydrogen) atoms. The Morgan fingerprint density at radius 1 is 0.681 bits per heavy atom. The van der Waals surface area contributed by atoms with Crippen LogP contribution in [0.3, 0.4) is 0 Å². The molecule has 0 amide bonds. The Morgan fingerprint density at radius 3 is 2.00 bits per heavy atom. The van der Waals surface area contributed by atoms with Crippen LogP contribution in [0.1, 0.15) is 54.5 Å². The van der Waals surface area contributed by atoms with Crippen LogP contribution in [0.25, 0.3) is 39.1 Å². The minimum absolute atomic E-state index is 0.253. The summed E-state index contributed by atoms with van der Waals surface area (Å²) in [6.07, 6.45) is 5.84. The van der Waals surface area contributed by atoms with Gasteiger partial charge in [-0.3, -0.25) is 0 Å². The Bertz CT molecular complexity index is 2180. The van der Waals surface area contributed by atoms with Crippen molar-refractivity contribution in [1.82, 2.24) is 0 Å². The van der Waals surface area contributed by atoms with Gasteiger partial charge in [0.25, 0.3) is 0 Å². The van der Waals surface area contributed by atoms with Gasteiger partial charge in [-0.2, -0.15) is 0 Å². The molecule has 6 aromatic carbocycles. The molecule has 0 radical (unpaired) electrons. The molecule has 1 aliphatic heterocycles. The minimum Gasteiger partial charge on any atom is -0.497 e. The number of ether oxygens (including phenoxy) is 2. The standard InChI is InChI=1S/C43H34F2O2/c1-4-42(5-2)38-26-32(45)18-22-35(38)39-34-21-17-31(44)25-37(34)41-36(40(39)42)23-24-43(47-41,30-15-19-33(46-3)20-16-30)29-13-11-28(12-14-29)27-9-7-6-8-10-27/h6-26H,4-5H2,1-3H3. The molecule has 0 saturated heterocycles. The largest absolute Gasteiger partial charge is 0.497 e. The molecule has 1 aliphatic carbocycles. The van der Waals surface area contributed by atoms with Crippen LogP contribution < -0.4 is 9.47 Å². The lowest BCUT2D eigenvalue weighted by Gasteiger charge is -2.39. The van der Waals surface area contributed by atoms with E-state index in [4.69, 9.17) is 9.47 Å². The SMILES string of the molecule is CCC1(CC)c2cc(F)ccc2-c2c1c1c(c3cc(F)ccc23)OC(c2ccc(OC)cc2)(c2ccc(-c3ccccc3)cc2)C=C1. The number of methoxy groups -OCH3 is 1. The maximum Gasteiger partial charge on any atom is 0.178 e. The molecular formula is C43H34F2O2. The fourth-order valence-corrected chi connectivity index (χ4v) is 8.00. The molecule has 0 spiro atoms. The summed E-state index contributed by atoms with van der Waals surface area (Å²) in [6.45, 7) is 4.33. The van der Waals surface area contributed by atoms with Crippen LogP contribution in [0.2, 0.25) is 0 Å². The number of halogens is 2. The lowest BCUT2D eigenvalue weighted by atomic mass is 9.71. The summed E-state index contributed by atoms with van der Waals surface area (Å²) >= 11 is 0. The van der Waals surface area contributed by atoms with Crippen LogP contribution in [0.4, 0.5) is 8.78 Å². The Balaban J connectivity index is 1.41. The molecule has 1 atom stereocenters. The minimum atomic E-state index is -1.01. The van der Waals surface area contributed by atoms with Crippen LogP contribution in [-0.4, -0.2) is 7.11 Å². The first-order valence-electron chi connectivity index (χ1n) is 16.2. The smallest absolute Gasteiger partial charge is 0.178 e. The third-order valence-corrected chi connectivity index (χ3v) is 10.4. The third kappa shape index (κ3) is 4.27. The highest BCUT2D eigenvalue weighted by Crippen LogP contribution is 2.60. The molecule has 2 nitrogen and oxygen atoms in total.